The average molecular weight is 483 g/mol. The van der Waals surface area contributed by atoms with Gasteiger partial charge in [0.15, 0.2) is 0 Å². The van der Waals surface area contributed by atoms with E-state index in [9.17, 15) is 0 Å². The highest BCUT2D eigenvalue weighted by molar-refractivity contribution is 5.22. The zero-order valence-electron chi connectivity index (χ0n) is 23.3. The first-order chi connectivity index (χ1) is 17.4. The molecule has 1 aromatic carbocycles. The van der Waals surface area contributed by atoms with Crippen molar-refractivity contribution in [2.75, 3.05) is 26.2 Å². The van der Waals surface area contributed by atoms with Crippen molar-refractivity contribution in [1.82, 2.24) is 9.80 Å². The van der Waals surface area contributed by atoms with Crippen LogP contribution >= 0.6 is 0 Å². The fraction of sp³-hybridized carbons (Fsp3) is 0.818. The normalized spacial score (nSPS) is 22.9. The van der Waals surface area contributed by atoms with Crippen LogP contribution in [0.3, 0.4) is 0 Å². The molecule has 2 aliphatic heterocycles. The monoisotopic (exact) mass is 482 g/mol. The molecule has 2 aliphatic rings. The van der Waals surface area contributed by atoms with Crippen molar-refractivity contribution >= 4 is 0 Å². The summed E-state index contributed by atoms with van der Waals surface area (Å²) in [4.78, 5) is 5.49. The Hall–Kier alpha value is -0.860. The highest BCUT2D eigenvalue weighted by Gasteiger charge is 2.10. The second-order valence-corrected chi connectivity index (χ2v) is 11.8. The molecule has 0 aliphatic carbocycles. The average Bonchev–Trinajstić information content (AvgIpc) is 2.90. The minimum absolute atomic E-state index is 1.14. The van der Waals surface area contributed by atoms with E-state index in [0.29, 0.717) is 0 Å². The molecule has 0 aromatic heterocycles. The molecule has 3 rings (SSSR count). The number of hydrogen-bond donors (Lipinski definition) is 0. The van der Waals surface area contributed by atoms with Gasteiger partial charge < -0.3 is 0 Å². The standard InChI is InChI=1S/C33H58N2/c1-2-6-10-14-18-26-34(27-19-15-11-7-3-1)30-32-22-24-33(25-23-32)31-35-28-20-16-12-8-4-5-9-13-17-21-29-35/h22-25H,1-21,26-31H2. The van der Waals surface area contributed by atoms with Gasteiger partial charge in [-0.25, -0.2) is 0 Å². The number of nitrogens with zero attached hydrogens (tertiary/aromatic N) is 2. The van der Waals surface area contributed by atoms with Gasteiger partial charge in [-0.15, -0.1) is 0 Å². The summed E-state index contributed by atoms with van der Waals surface area (Å²) in [6.07, 6.45) is 30.2. The third kappa shape index (κ3) is 13.9. The van der Waals surface area contributed by atoms with Gasteiger partial charge in [0.05, 0.1) is 0 Å². The Bertz CT molecular complexity index is 582. The maximum absolute atomic E-state index is 2.75. The topological polar surface area (TPSA) is 6.48 Å². The summed E-state index contributed by atoms with van der Waals surface area (Å²) in [5.41, 5.74) is 3.03. The van der Waals surface area contributed by atoms with Gasteiger partial charge >= 0.3 is 0 Å². The van der Waals surface area contributed by atoms with Gasteiger partial charge in [-0.05, 0) is 63.0 Å². The van der Waals surface area contributed by atoms with Crippen LogP contribution in [0, 0.1) is 0 Å². The Morgan fingerprint density at radius 1 is 0.314 bits per heavy atom. The van der Waals surface area contributed by atoms with Crippen molar-refractivity contribution in [3.63, 3.8) is 0 Å². The second-order valence-electron chi connectivity index (χ2n) is 11.8. The van der Waals surface area contributed by atoms with Gasteiger partial charge in [-0.2, -0.15) is 0 Å². The first kappa shape index (κ1) is 28.7. The van der Waals surface area contributed by atoms with Crippen molar-refractivity contribution in [3.8, 4) is 0 Å². The Kier molecular flexibility index (Phi) is 15.8. The van der Waals surface area contributed by atoms with E-state index in [4.69, 9.17) is 0 Å². The van der Waals surface area contributed by atoms with Crippen molar-refractivity contribution < 1.29 is 0 Å². The van der Waals surface area contributed by atoms with Gasteiger partial charge in [-0.3, -0.25) is 9.80 Å². The number of benzene rings is 1. The Labute approximate surface area is 219 Å². The van der Waals surface area contributed by atoms with Crippen molar-refractivity contribution in [3.05, 3.63) is 35.4 Å². The molecule has 35 heavy (non-hydrogen) atoms. The van der Waals surface area contributed by atoms with E-state index in [1.54, 1.807) is 0 Å². The lowest BCUT2D eigenvalue weighted by Gasteiger charge is -2.24. The van der Waals surface area contributed by atoms with Gasteiger partial charge in [0.2, 0.25) is 0 Å². The SMILES string of the molecule is c1cc(CN2CCCCCCCCCCCC2)ccc1CN1CCCCCCCCCCCCC1. The molecule has 0 saturated carbocycles. The molecule has 2 fully saturated rings. The van der Waals surface area contributed by atoms with E-state index in [1.807, 2.05) is 0 Å². The fourth-order valence-corrected chi connectivity index (χ4v) is 6.15. The van der Waals surface area contributed by atoms with Gasteiger partial charge in [0.25, 0.3) is 0 Å². The molecule has 0 atom stereocenters. The summed E-state index contributed by atoms with van der Waals surface area (Å²) in [6.45, 7) is 7.43. The van der Waals surface area contributed by atoms with Crippen LogP contribution in [0.2, 0.25) is 0 Å². The van der Waals surface area contributed by atoms with Gasteiger partial charge in [-0.1, -0.05) is 133 Å². The summed E-state index contributed by atoms with van der Waals surface area (Å²) >= 11 is 0. The summed E-state index contributed by atoms with van der Waals surface area (Å²) < 4.78 is 0. The molecule has 0 unspecified atom stereocenters. The zero-order valence-corrected chi connectivity index (χ0v) is 23.3. The quantitative estimate of drug-likeness (QED) is 0.421. The van der Waals surface area contributed by atoms with Crippen LogP contribution in [-0.2, 0) is 13.1 Å². The van der Waals surface area contributed by atoms with E-state index in [2.05, 4.69) is 34.1 Å². The van der Waals surface area contributed by atoms with E-state index in [1.165, 1.54) is 172 Å². The predicted molar refractivity (Wildman–Crippen MR) is 154 cm³/mol. The molecular formula is C33H58N2. The maximum atomic E-state index is 2.75. The van der Waals surface area contributed by atoms with E-state index in [-0.39, 0.29) is 0 Å². The lowest BCUT2D eigenvalue weighted by molar-refractivity contribution is 0.250. The van der Waals surface area contributed by atoms with Crippen LogP contribution in [0.25, 0.3) is 0 Å². The van der Waals surface area contributed by atoms with Crippen LogP contribution in [0.15, 0.2) is 24.3 Å². The summed E-state index contributed by atoms with van der Waals surface area (Å²) in [6, 6.07) is 9.73. The molecule has 0 N–H and O–H groups in total. The smallest absolute Gasteiger partial charge is 0.0233 e. The lowest BCUT2D eigenvalue weighted by Crippen LogP contribution is -2.26. The van der Waals surface area contributed by atoms with E-state index >= 15 is 0 Å². The summed E-state index contributed by atoms with van der Waals surface area (Å²) in [7, 11) is 0. The van der Waals surface area contributed by atoms with Gasteiger partial charge in [0.1, 0.15) is 0 Å². The van der Waals surface area contributed by atoms with Crippen LogP contribution < -0.4 is 0 Å². The van der Waals surface area contributed by atoms with Crippen LogP contribution in [0.5, 0.6) is 0 Å². The first-order valence-corrected chi connectivity index (χ1v) is 15.9. The third-order valence-corrected chi connectivity index (χ3v) is 8.48. The van der Waals surface area contributed by atoms with Crippen LogP contribution in [0.1, 0.15) is 146 Å². The predicted octanol–water partition coefficient (Wildman–Crippen LogP) is 9.51. The minimum Gasteiger partial charge on any atom is -0.299 e. The molecule has 0 spiro atoms. The second kappa shape index (κ2) is 19.3. The van der Waals surface area contributed by atoms with E-state index < -0.39 is 0 Å². The molecule has 1 aromatic rings. The Balaban J connectivity index is 1.46. The molecule has 0 radical (unpaired) electrons. The fourth-order valence-electron chi connectivity index (χ4n) is 6.15. The molecule has 2 saturated heterocycles. The molecule has 2 nitrogen and oxygen atoms in total. The molecule has 0 amide bonds. The Morgan fingerprint density at radius 2 is 0.514 bits per heavy atom. The molecule has 200 valence electrons. The number of rotatable bonds is 4. The summed E-state index contributed by atoms with van der Waals surface area (Å²) in [5.74, 6) is 0. The minimum atomic E-state index is 1.14. The van der Waals surface area contributed by atoms with Crippen molar-refractivity contribution in [1.29, 1.82) is 0 Å². The molecule has 0 bridgehead atoms. The Morgan fingerprint density at radius 3 is 0.743 bits per heavy atom. The molecular weight excluding hydrogens is 424 g/mol. The van der Waals surface area contributed by atoms with Crippen molar-refractivity contribution in [2.45, 2.75) is 148 Å². The first-order valence-electron chi connectivity index (χ1n) is 15.9. The largest absolute Gasteiger partial charge is 0.299 e. The maximum Gasteiger partial charge on any atom is 0.0233 e. The zero-order chi connectivity index (χ0) is 24.2. The molecule has 2 heterocycles. The van der Waals surface area contributed by atoms with Gasteiger partial charge in [0, 0.05) is 13.1 Å². The third-order valence-electron chi connectivity index (χ3n) is 8.48. The lowest BCUT2D eigenvalue weighted by atomic mass is 10.0. The van der Waals surface area contributed by atoms with E-state index in [0.717, 1.165) is 13.1 Å². The highest BCUT2D eigenvalue weighted by atomic mass is 15.1. The van der Waals surface area contributed by atoms with Crippen LogP contribution in [0.4, 0.5) is 0 Å². The van der Waals surface area contributed by atoms with Crippen LogP contribution in [-0.4, -0.2) is 36.0 Å². The summed E-state index contributed by atoms with van der Waals surface area (Å²) in [5, 5.41) is 0. The van der Waals surface area contributed by atoms with Crippen molar-refractivity contribution in [2.24, 2.45) is 0 Å². The molecule has 2 heteroatoms. The highest BCUT2D eigenvalue weighted by Crippen LogP contribution is 2.17. The number of hydrogen-bond acceptors (Lipinski definition) is 2.